The molecule has 0 unspecified atom stereocenters. The van der Waals surface area contributed by atoms with Gasteiger partial charge in [-0.3, -0.25) is 14.5 Å². The molecule has 5 rings (SSSR count). The van der Waals surface area contributed by atoms with Crippen molar-refractivity contribution in [1.29, 1.82) is 0 Å². The Bertz CT molecular complexity index is 1430. The highest BCUT2D eigenvalue weighted by atomic mass is 35.5. The molecular formula is C29H37ClN6O4S. The first-order valence-electron chi connectivity index (χ1n) is 14.1. The van der Waals surface area contributed by atoms with Gasteiger partial charge in [0.1, 0.15) is 11.3 Å². The maximum Gasteiger partial charge on any atom is 0.407 e. The summed E-state index contributed by atoms with van der Waals surface area (Å²) in [5.74, 6) is -0.400. The van der Waals surface area contributed by atoms with Crippen LogP contribution in [0.5, 0.6) is 0 Å². The molecule has 1 aliphatic heterocycles. The quantitative estimate of drug-likeness (QED) is 0.313. The molecule has 3 aromatic rings. The van der Waals surface area contributed by atoms with Crippen LogP contribution >= 0.6 is 22.9 Å². The Morgan fingerprint density at radius 2 is 1.85 bits per heavy atom. The molecule has 1 aliphatic carbocycles. The van der Waals surface area contributed by atoms with Gasteiger partial charge >= 0.3 is 6.09 Å². The Morgan fingerprint density at radius 1 is 1.12 bits per heavy atom. The lowest BCUT2D eigenvalue weighted by molar-refractivity contribution is 0.0521. The lowest BCUT2D eigenvalue weighted by atomic mass is 9.90. The number of nitrogens with one attached hydrogen (secondary N) is 4. The van der Waals surface area contributed by atoms with Crippen molar-refractivity contribution in [2.75, 3.05) is 19.6 Å². The number of carbonyl (C=O) groups excluding carboxylic acids is 3. The molecule has 10 nitrogen and oxygen atoms in total. The number of thiazole rings is 1. The topological polar surface area (TPSA) is 128 Å². The number of carbonyl (C=O) groups is 3. The number of fused-ring (bicyclic) bond motifs is 2. The lowest BCUT2D eigenvalue weighted by Gasteiger charge is -2.32. The number of alkyl carbamates (subject to hydrolysis) is 1. The lowest BCUT2D eigenvalue weighted by Crippen LogP contribution is -2.53. The molecule has 4 N–H and O–H groups in total. The number of amides is 3. The second-order valence-electron chi connectivity index (χ2n) is 11.7. The van der Waals surface area contributed by atoms with E-state index in [-0.39, 0.29) is 23.9 Å². The molecule has 0 saturated heterocycles. The van der Waals surface area contributed by atoms with Crippen molar-refractivity contribution in [2.24, 2.45) is 0 Å². The van der Waals surface area contributed by atoms with Gasteiger partial charge in [-0.1, -0.05) is 24.4 Å². The normalized spacial score (nSPS) is 19.4. The third kappa shape index (κ3) is 7.58. The average Bonchev–Trinajstić information content (AvgIpc) is 3.52. The van der Waals surface area contributed by atoms with Crippen LogP contribution in [0.2, 0.25) is 5.02 Å². The Hall–Kier alpha value is -3.15. The van der Waals surface area contributed by atoms with Crippen molar-refractivity contribution >= 4 is 51.7 Å². The molecule has 1 aromatic carbocycles. The number of aromatic amines is 1. The van der Waals surface area contributed by atoms with Gasteiger partial charge in [0.15, 0.2) is 5.01 Å². The Kier molecular flexibility index (Phi) is 8.86. The molecular weight excluding hydrogens is 564 g/mol. The Labute approximate surface area is 248 Å². The van der Waals surface area contributed by atoms with Gasteiger partial charge in [-0.15, -0.1) is 11.3 Å². The molecule has 41 heavy (non-hydrogen) atoms. The van der Waals surface area contributed by atoms with E-state index >= 15 is 0 Å². The predicted molar refractivity (Wildman–Crippen MR) is 160 cm³/mol. The van der Waals surface area contributed by atoms with Crippen LogP contribution in [0.4, 0.5) is 4.79 Å². The summed E-state index contributed by atoms with van der Waals surface area (Å²) in [6.45, 7) is 8.18. The smallest absolute Gasteiger partial charge is 0.407 e. The number of aromatic nitrogens is 2. The van der Waals surface area contributed by atoms with E-state index in [0.717, 1.165) is 60.1 Å². The maximum absolute atomic E-state index is 13.3. The van der Waals surface area contributed by atoms with Crippen molar-refractivity contribution < 1.29 is 19.1 Å². The molecule has 2 aliphatic rings. The minimum absolute atomic E-state index is 0.169. The van der Waals surface area contributed by atoms with Crippen molar-refractivity contribution in [3.63, 3.8) is 0 Å². The van der Waals surface area contributed by atoms with Gasteiger partial charge in [0.2, 0.25) is 0 Å². The molecule has 0 bridgehead atoms. The molecule has 2 atom stereocenters. The Balaban J connectivity index is 1.15. The molecule has 220 valence electrons. The van der Waals surface area contributed by atoms with Crippen molar-refractivity contribution in [2.45, 2.75) is 77.1 Å². The predicted octanol–water partition coefficient (Wildman–Crippen LogP) is 4.63. The van der Waals surface area contributed by atoms with Gasteiger partial charge in [0, 0.05) is 65.5 Å². The summed E-state index contributed by atoms with van der Waals surface area (Å²) in [5, 5.41) is 11.0. The van der Waals surface area contributed by atoms with E-state index in [1.54, 1.807) is 12.1 Å². The first kappa shape index (κ1) is 29.3. The molecule has 1 saturated carbocycles. The number of nitrogens with zero attached hydrogens (tertiary/aromatic N) is 2. The average molecular weight is 601 g/mol. The summed E-state index contributed by atoms with van der Waals surface area (Å²) in [7, 11) is 0. The van der Waals surface area contributed by atoms with Gasteiger partial charge in [-0.25, -0.2) is 9.78 Å². The van der Waals surface area contributed by atoms with E-state index in [1.807, 2.05) is 32.9 Å². The number of benzene rings is 1. The largest absolute Gasteiger partial charge is 0.444 e. The summed E-state index contributed by atoms with van der Waals surface area (Å²) in [6, 6.07) is 6.91. The third-order valence-electron chi connectivity index (χ3n) is 7.33. The number of rotatable bonds is 7. The number of H-pyrrole nitrogens is 1. The molecule has 0 spiro atoms. The van der Waals surface area contributed by atoms with Crippen LogP contribution in [0.25, 0.3) is 10.9 Å². The number of ether oxygens (including phenoxy) is 1. The summed E-state index contributed by atoms with van der Waals surface area (Å²) in [5.41, 5.74) is 1.75. The van der Waals surface area contributed by atoms with Gasteiger partial charge in [-0.05, 0) is 57.9 Å². The number of hydrogen-bond acceptors (Lipinski definition) is 7. The summed E-state index contributed by atoms with van der Waals surface area (Å²) >= 11 is 7.51. The molecule has 1 fully saturated rings. The van der Waals surface area contributed by atoms with E-state index < -0.39 is 11.7 Å². The molecule has 3 amide bonds. The van der Waals surface area contributed by atoms with Crippen LogP contribution in [0.3, 0.4) is 0 Å². The van der Waals surface area contributed by atoms with E-state index in [9.17, 15) is 14.4 Å². The maximum atomic E-state index is 13.3. The minimum atomic E-state index is -0.528. The molecule has 3 heterocycles. The standard InChI is InChI=1S/C29H37ClN6O4S/c1-29(2,3)40-28(39)31-11-13-36-12-10-22-24(16-36)41-27(35-22)26(38)34-21-7-5-4-6-20(21)33-25(37)23-15-17-14-18(30)8-9-19(17)32-23/h8-9,14-15,20-21,32H,4-7,10-13,16H2,1-3H3,(H,31,39)(H,33,37)(H,34,38)/t20-,21+/m0/s1. The highest BCUT2D eigenvalue weighted by Gasteiger charge is 2.30. The van der Waals surface area contributed by atoms with Gasteiger partial charge < -0.3 is 25.7 Å². The highest BCUT2D eigenvalue weighted by Crippen LogP contribution is 2.26. The van der Waals surface area contributed by atoms with Crippen molar-refractivity contribution in [3.05, 3.63) is 50.6 Å². The SMILES string of the molecule is CC(C)(C)OC(=O)NCCN1CCc2nc(C(=O)N[C@@H]3CCCC[C@@H]3NC(=O)c3cc4cc(Cl)ccc4[nH]3)sc2C1. The van der Waals surface area contributed by atoms with Gasteiger partial charge in [-0.2, -0.15) is 0 Å². The second kappa shape index (κ2) is 12.4. The first-order chi connectivity index (χ1) is 19.5. The zero-order valence-electron chi connectivity index (χ0n) is 23.6. The zero-order valence-corrected chi connectivity index (χ0v) is 25.2. The number of hydrogen-bond donors (Lipinski definition) is 4. The Morgan fingerprint density at radius 3 is 2.59 bits per heavy atom. The van der Waals surface area contributed by atoms with E-state index in [4.69, 9.17) is 16.3 Å². The monoisotopic (exact) mass is 600 g/mol. The highest BCUT2D eigenvalue weighted by molar-refractivity contribution is 7.13. The van der Waals surface area contributed by atoms with Crippen molar-refractivity contribution in [3.8, 4) is 0 Å². The van der Waals surface area contributed by atoms with Crippen LogP contribution in [0.15, 0.2) is 24.3 Å². The second-order valence-corrected chi connectivity index (χ2v) is 13.2. The first-order valence-corrected chi connectivity index (χ1v) is 15.3. The molecule has 2 aromatic heterocycles. The van der Waals surface area contributed by atoms with Crippen LogP contribution in [0, 0.1) is 0 Å². The zero-order chi connectivity index (χ0) is 29.1. The van der Waals surface area contributed by atoms with Crippen LogP contribution < -0.4 is 16.0 Å². The fourth-order valence-electron chi connectivity index (χ4n) is 5.35. The van der Waals surface area contributed by atoms with Crippen LogP contribution in [0.1, 0.15) is 77.3 Å². The minimum Gasteiger partial charge on any atom is -0.444 e. The van der Waals surface area contributed by atoms with Crippen LogP contribution in [-0.2, 0) is 17.7 Å². The van der Waals surface area contributed by atoms with E-state index in [0.29, 0.717) is 35.4 Å². The van der Waals surface area contributed by atoms with E-state index in [2.05, 4.69) is 30.8 Å². The molecule has 0 radical (unpaired) electrons. The van der Waals surface area contributed by atoms with Gasteiger partial charge in [0.05, 0.1) is 5.69 Å². The van der Waals surface area contributed by atoms with Crippen molar-refractivity contribution in [1.82, 2.24) is 30.8 Å². The summed E-state index contributed by atoms with van der Waals surface area (Å²) < 4.78 is 5.29. The van der Waals surface area contributed by atoms with E-state index in [1.165, 1.54) is 11.3 Å². The summed E-state index contributed by atoms with van der Waals surface area (Å²) in [4.78, 5) is 49.4. The number of halogens is 1. The van der Waals surface area contributed by atoms with Gasteiger partial charge in [0.25, 0.3) is 11.8 Å². The molecule has 12 heteroatoms. The summed E-state index contributed by atoms with van der Waals surface area (Å²) in [6.07, 6.45) is 3.90. The third-order valence-corrected chi connectivity index (χ3v) is 8.64. The van der Waals surface area contributed by atoms with Crippen LogP contribution in [-0.4, -0.2) is 70.1 Å². The fourth-order valence-corrected chi connectivity index (χ4v) is 6.58. The fraction of sp³-hybridized carbons (Fsp3) is 0.517.